The summed E-state index contributed by atoms with van der Waals surface area (Å²) in [5.74, 6) is -0.0453. The molecule has 1 aromatic rings. The maximum atomic E-state index is 13.1. The van der Waals surface area contributed by atoms with E-state index >= 15 is 0 Å². The van der Waals surface area contributed by atoms with Crippen LogP contribution in [0.1, 0.15) is 84.9 Å². The molecule has 2 heterocycles. The lowest BCUT2D eigenvalue weighted by molar-refractivity contribution is -0.0982. The summed E-state index contributed by atoms with van der Waals surface area (Å²) in [6.07, 6.45) is 3.33. The summed E-state index contributed by atoms with van der Waals surface area (Å²) in [6, 6.07) is 0. The monoisotopic (exact) mass is 459 g/mol. The number of hydrogen-bond donors (Lipinski definition) is 3. The molecule has 0 spiro atoms. The molecule has 0 bridgehead atoms. The third-order valence-corrected chi connectivity index (χ3v) is 9.36. The van der Waals surface area contributed by atoms with Gasteiger partial charge in [0.1, 0.15) is 12.0 Å². The van der Waals surface area contributed by atoms with Crippen LogP contribution in [-0.2, 0) is 13.8 Å². The fourth-order valence-electron chi connectivity index (χ4n) is 4.43. The smallest absolute Gasteiger partial charge is 0.359 e. The van der Waals surface area contributed by atoms with E-state index < -0.39 is 30.5 Å². The van der Waals surface area contributed by atoms with Gasteiger partial charge in [-0.1, -0.05) is 34.6 Å². The molecule has 9 nitrogen and oxygen atoms in total. The Hall–Kier alpha value is -1.25. The largest absolute Gasteiger partial charge is 0.383 e. The lowest BCUT2D eigenvalue weighted by Gasteiger charge is -2.44. The van der Waals surface area contributed by atoms with Crippen LogP contribution < -0.4 is 11.4 Å². The molecule has 0 amide bonds. The van der Waals surface area contributed by atoms with Crippen molar-refractivity contribution in [1.29, 1.82) is 0 Å². The molecule has 1 aliphatic heterocycles. The second kappa shape index (κ2) is 9.71. The van der Waals surface area contributed by atoms with E-state index in [2.05, 4.69) is 4.98 Å². The predicted molar refractivity (Wildman–Crippen MR) is 120 cm³/mol. The zero-order chi connectivity index (χ0) is 23.6. The average molecular weight is 460 g/mol. The average Bonchev–Trinajstić information content (AvgIpc) is 3.23. The van der Waals surface area contributed by atoms with Gasteiger partial charge in [-0.2, -0.15) is 4.98 Å². The number of ether oxygens (including phenoxy) is 1. The Morgan fingerprint density at radius 3 is 2.39 bits per heavy atom. The minimum atomic E-state index is -4.34. The number of aromatic nitrogens is 2. The molecule has 0 aromatic carbocycles. The lowest BCUT2D eigenvalue weighted by atomic mass is 9.80. The van der Waals surface area contributed by atoms with Gasteiger partial charge in [-0.05, 0) is 45.4 Å². The molecule has 0 radical (unpaired) electrons. The Kier molecular flexibility index (Phi) is 8.15. The summed E-state index contributed by atoms with van der Waals surface area (Å²) in [5.41, 5.74) is 4.99. The Balaban J connectivity index is 2.28. The van der Waals surface area contributed by atoms with Gasteiger partial charge < -0.3 is 20.5 Å². The minimum Gasteiger partial charge on any atom is -0.383 e. The SMILES string of the molecule is CCC(CC)(OP(=O)(O)C(O)(CC)CC)C(C)C1CCC(n2cc(C)c(N)nc2=O)O1. The van der Waals surface area contributed by atoms with E-state index in [1.807, 2.05) is 20.8 Å². The van der Waals surface area contributed by atoms with Gasteiger partial charge in [0.25, 0.3) is 0 Å². The molecule has 10 heteroatoms. The fourth-order valence-corrected chi connectivity index (χ4v) is 6.31. The van der Waals surface area contributed by atoms with Gasteiger partial charge in [-0.15, -0.1) is 0 Å². The zero-order valence-electron chi connectivity index (χ0n) is 19.5. The van der Waals surface area contributed by atoms with E-state index in [0.29, 0.717) is 31.2 Å². The first-order chi connectivity index (χ1) is 14.4. The minimum absolute atomic E-state index is 0.115. The van der Waals surface area contributed by atoms with Crippen molar-refractivity contribution in [1.82, 2.24) is 9.55 Å². The third kappa shape index (κ3) is 4.91. The van der Waals surface area contributed by atoms with Gasteiger partial charge >= 0.3 is 13.3 Å². The number of nitrogens with two attached hydrogens (primary N) is 1. The van der Waals surface area contributed by atoms with E-state index in [1.54, 1.807) is 27.0 Å². The highest BCUT2D eigenvalue weighted by Gasteiger charge is 2.52. The molecule has 0 aliphatic carbocycles. The van der Waals surface area contributed by atoms with Crippen molar-refractivity contribution in [3.63, 3.8) is 0 Å². The fraction of sp³-hybridized carbons (Fsp3) is 0.810. The Bertz CT molecular complexity index is 865. The van der Waals surface area contributed by atoms with Crippen LogP contribution in [0.25, 0.3) is 0 Å². The van der Waals surface area contributed by atoms with Crippen molar-refractivity contribution in [2.45, 2.75) is 103 Å². The van der Waals surface area contributed by atoms with Crippen LogP contribution in [-0.4, -0.2) is 36.6 Å². The molecule has 4 N–H and O–H groups in total. The van der Waals surface area contributed by atoms with Gasteiger partial charge in [0.05, 0.1) is 11.7 Å². The van der Waals surface area contributed by atoms with Crippen molar-refractivity contribution in [2.24, 2.45) is 5.92 Å². The first-order valence-electron chi connectivity index (χ1n) is 11.2. The number of aliphatic hydroxyl groups is 1. The number of aryl methyl sites for hydroxylation is 1. The molecular formula is C21H38N3O6P. The van der Waals surface area contributed by atoms with Crippen LogP contribution in [0, 0.1) is 12.8 Å². The normalized spacial score (nSPS) is 23.0. The van der Waals surface area contributed by atoms with E-state index in [-0.39, 0.29) is 30.7 Å². The first-order valence-corrected chi connectivity index (χ1v) is 12.7. The molecule has 1 aromatic heterocycles. The second-order valence-corrected chi connectivity index (χ2v) is 10.6. The molecule has 0 saturated carbocycles. The quantitative estimate of drug-likeness (QED) is 0.450. The van der Waals surface area contributed by atoms with E-state index in [0.717, 1.165) is 0 Å². The number of hydrogen-bond acceptors (Lipinski definition) is 7. The van der Waals surface area contributed by atoms with Gasteiger partial charge in [-0.25, -0.2) is 4.79 Å². The van der Waals surface area contributed by atoms with E-state index in [4.69, 9.17) is 15.0 Å². The summed E-state index contributed by atoms with van der Waals surface area (Å²) in [6.45, 7) is 10.9. The Morgan fingerprint density at radius 1 is 1.29 bits per heavy atom. The Morgan fingerprint density at radius 2 is 1.87 bits per heavy atom. The highest BCUT2D eigenvalue weighted by molar-refractivity contribution is 7.54. The number of anilines is 1. The van der Waals surface area contributed by atoms with Gasteiger partial charge in [-0.3, -0.25) is 13.7 Å². The van der Waals surface area contributed by atoms with Gasteiger partial charge in [0.15, 0.2) is 5.34 Å². The van der Waals surface area contributed by atoms with Crippen LogP contribution in [0.4, 0.5) is 5.82 Å². The van der Waals surface area contributed by atoms with Crippen LogP contribution in [0.15, 0.2) is 11.0 Å². The highest BCUT2D eigenvalue weighted by Crippen LogP contribution is 2.61. The van der Waals surface area contributed by atoms with E-state index in [1.165, 1.54) is 4.57 Å². The first kappa shape index (κ1) is 26.0. The Labute approximate surface area is 184 Å². The molecular weight excluding hydrogens is 421 g/mol. The maximum Gasteiger partial charge on any atom is 0.359 e. The van der Waals surface area contributed by atoms with Crippen molar-refractivity contribution < 1.29 is 23.8 Å². The van der Waals surface area contributed by atoms with Crippen molar-refractivity contribution in [3.8, 4) is 0 Å². The van der Waals surface area contributed by atoms with Crippen molar-refractivity contribution >= 4 is 13.4 Å². The molecule has 1 fully saturated rings. The van der Waals surface area contributed by atoms with Crippen LogP contribution in [0.2, 0.25) is 0 Å². The topological polar surface area (TPSA) is 137 Å². The molecule has 4 atom stereocenters. The maximum absolute atomic E-state index is 13.1. The molecule has 1 saturated heterocycles. The summed E-state index contributed by atoms with van der Waals surface area (Å²) >= 11 is 0. The van der Waals surface area contributed by atoms with Crippen LogP contribution >= 0.6 is 7.60 Å². The zero-order valence-corrected chi connectivity index (χ0v) is 20.4. The van der Waals surface area contributed by atoms with Gasteiger partial charge in [0.2, 0.25) is 0 Å². The summed E-state index contributed by atoms with van der Waals surface area (Å²) in [4.78, 5) is 26.9. The van der Waals surface area contributed by atoms with Gasteiger partial charge in [0, 0.05) is 17.7 Å². The molecule has 31 heavy (non-hydrogen) atoms. The highest BCUT2D eigenvalue weighted by atomic mass is 31.2. The number of nitrogens with zero attached hydrogens (tertiary/aromatic N) is 2. The van der Waals surface area contributed by atoms with Crippen molar-refractivity contribution in [3.05, 3.63) is 22.2 Å². The third-order valence-electron chi connectivity index (χ3n) is 7.06. The molecule has 4 unspecified atom stereocenters. The molecule has 178 valence electrons. The summed E-state index contributed by atoms with van der Waals surface area (Å²) < 4.78 is 26.7. The lowest BCUT2D eigenvalue weighted by Crippen LogP contribution is -2.45. The van der Waals surface area contributed by atoms with E-state index in [9.17, 15) is 19.4 Å². The van der Waals surface area contributed by atoms with Crippen LogP contribution in [0.3, 0.4) is 0 Å². The standard InChI is InChI=1S/C21H38N3O6P/c1-7-20(8-2,30-31(27,28)21(26,9-3)10-4)15(6)16-11-12-17(29-16)24-13-14(5)18(22)23-19(24)25/h13,15-17,26H,7-12H2,1-6H3,(H,27,28)(H2,22,23,25). The van der Waals surface area contributed by atoms with Crippen LogP contribution in [0.5, 0.6) is 0 Å². The number of nitrogen functional groups attached to an aromatic ring is 1. The molecule has 2 rings (SSSR count). The number of rotatable bonds is 10. The molecule has 1 aliphatic rings. The predicted octanol–water partition coefficient (Wildman–Crippen LogP) is 3.72. The summed E-state index contributed by atoms with van der Waals surface area (Å²) in [7, 11) is -4.34. The van der Waals surface area contributed by atoms with Crippen molar-refractivity contribution in [2.75, 3.05) is 5.73 Å². The summed E-state index contributed by atoms with van der Waals surface area (Å²) in [5, 5.41) is 8.91. The second-order valence-electron chi connectivity index (χ2n) is 8.57.